The first-order chi connectivity index (χ1) is 12.2. The number of ether oxygens (including phenoxy) is 1. The number of hydrogen-bond donors (Lipinski definition) is 1. The smallest absolute Gasteiger partial charge is 0.322 e. The van der Waals surface area contributed by atoms with E-state index in [9.17, 15) is 4.79 Å². The Hall–Kier alpha value is -3.28. The number of furan rings is 1. The third-order valence-corrected chi connectivity index (χ3v) is 3.61. The molecule has 2 amide bonds. The predicted molar refractivity (Wildman–Crippen MR) is 94.2 cm³/mol. The number of hydrogen-bond acceptors (Lipinski definition) is 4. The number of anilines is 1. The number of carbonyl (C=O) groups excluding carboxylic acids is 1. The second kappa shape index (κ2) is 8.01. The predicted octanol–water partition coefficient (Wildman–Crippen LogP) is 3.92. The molecular weight excluding hydrogens is 318 g/mol. The summed E-state index contributed by atoms with van der Waals surface area (Å²) < 4.78 is 10.6. The number of carbonyl (C=O) groups is 1. The Kier molecular flexibility index (Phi) is 5.31. The largest absolute Gasteiger partial charge is 0.497 e. The van der Waals surface area contributed by atoms with Crippen molar-refractivity contribution in [3.8, 4) is 5.75 Å². The van der Waals surface area contributed by atoms with E-state index in [1.807, 2.05) is 42.5 Å². The van der Waals surface area contributed by atoms with Crippen LogP contribution in [-0.4, -0.2) is 23.0 Å². The van der Waals surface area contributed by atoms with Crippen LogP contribution < -0.4 is 10.1 Å². The average Bonchev–Trinajstić information content (AvgIpc) is 3.15. The lowest BCUT2D eigenvalue weighted by molar-refractivity contribution is 0.200. The molecule has 0 aliphatic rings. The second-order valence-corrected chi connectivity index (χ2v) is 5.42. The van der Waals surface area contributed by atoms with Crippen LogP contribution in [0.15, 0.2) is 71.5 Å². The van der Waals surface area contributed by atoms with Crippen molar-refractivity contribution in [1.82, 2.24) is 9.88 Å². The van der Waals surface area contributed by atoms with Crippen molar-refractivity contribution in [2.45, 2.75) is 13.1 Å². The summed E-state index contributed by atoms with van der Waals surface area (Å²) in [6, 6.07) is 16.2. The summed E-state index contributed by atoms with van der Waals surface area (Å²) in [7, 11) is 1.59. The van der Waals surface area contributed by atoms with Crippen LogP contribution in [0, 0.1) is 0 Å². The molecule has 0 unspecified atom stereocenters. The van der Waals surface area contributed by atoms with Gasteiger partial charge in [-0.1, -0.05) is 12.1 Å². The molecule has 0 fully saturated rings. The molecule has 0 spiro atoms. The lowest BCUT2D eigenvalue weighted by Gasteiger charge is -2.22. The highest BCUT2D eigenvalue weighted by Gasteiger charge is 2.17. The molecule has 2 heterocycles. The highest BCUT2D eigenvalue weighted by atomic mass is 16.5. The van der Waals surface area contributed by atoms with Crippen molar-refractivity contribution in [2.24, 2.45) is 0 Å². The number of urea groups is 1. The highest BCUT2D eigenvalue weighted by Crippen LogP contribution is 2.18. The quantitative estimate of drug-likeness (QED) is 0.740. The molecule has 0 radical (unpaired) electrons. The van der Waals surface area contributed by atoms with Gasteiger partial charge in [0.2, 0.25) is 0 Å². The molecular formula is C19H19N3O3. The minimum atomic E-state index is -0.240. The minimum absolute atomic E-state index is 0.240. The van der Waals surface area contributed by atoms with Gasteiger partial charge in [0.25, 0.3) is 0 Å². The SMILES string of the molecule is COc1cccc(NC(=O)N(Cc2ccccn2)Cc2ccco2)c1. The number of methoxy groups -OCH3 is 1. The molecule has 3 rings (SSSR count). The summed E-state index contributed by atoms with van der Waals surface area (Å²) >= 11 is 0. The summed E-state index contributed by atoms with van der Waals surface area (Å²) in [5.74, 6) is 1.39. The number of pyridine rings is 1. The number of rotatable bonds is 6. The number of nitrogens with one attached hydrogen (secondary N) is 1. The minimum Gasteiger partial charge on any atom is -0.497 e. The van der Waals surface area contributed by atoms with Gasteiger partial charge in [-0.3, -0.25) is 4.98 Å². The lowest BCUT2D eigenvalue weighted by atomic mass is 10.3. The van der Waals surface area contributed by atoms with E-state index in [-0.39, 0.29) is 6.03 Å². The van der Waals surface area contributed by atoms with Gasteiger partial charge in [0, 0.05) is 18.0 Å². The van der Waals surface area contributed by atoms with E-state index in [1.54, 1.807) is 36.6 Å². The monoisotopic (exact) mass is 337 g/mol. The van der Waals surface area contributed by atoms with Crippen LogP contribution >= 0.6 is 0 Å². The Balaban J connectivity index is 1.76. The zero-order valence-electron chi connectivity index (χ0n) is 13.9. The maximum Gasteiger partial charge on any atom is 0.322 e. The molecule has 128 valence electrons. The van der Waals surface area contributed by atoms with Crippen molar-refractivity contribution in [2.75, 3.05) is 12.4 Å². The van der Waals surface area contributed by atoms with E-state index in [4.69, 9.17) is 9.15 Å². The summed E-state index contributed by atoms with van der Waals surface area (Å²) in [4.78, 5) is 18.7. The van der Waals surface area contributed by atoms with Gasteiger partial charge >= 0.3 is 6.03 Å². The summed E-state index contributed by atoms with van der Waals surface area (Å²) in [5.41, 5.74) is 1.46. The molecule has 0 atom stereocenters. The van der Waals surface area contributed by atoms with Gasteiger partial charge in [0.15, 0.2) is 0 Å². The maximum absolute atomic E-state index is 12.7. The molecule has 6 heteroatoms. The summed E-state index contributed by atoms with van der Waals surface area (Å²) in [6.07, 6.45) is 3.30. The maximum atomic E-state index is 12.7. The van der Waals surface area contributed by atoms with Gasteiger partial charge < -0.3 is 19.4 Å². The second-order valence-electron chi connectivity index (χ2n) is 5.42. The van der Waals surface area contributed by atoms with Crippen LogP contribution in [0.5, 0.6) is 5.75 Å². The third kappa shape index (κ3) is 4.60. The third-order valence-electron chi connectivity index (χ3n) is 3.61. The fraction of sp³-hybridized carbons (Fsp3) is 0.158. The van der Waals surface area contributed by atoms with Gasteiger partial charge in [-0.15, -0.1) is 0 Å². The molecule has 0 aliphatic heterocycles. The van der Waals surface area contributed by atoms with Crippen molar-refractivity contribution in [1.29, 1.82) is 0 Å². The van der Waals surface area contributed by atoms with Crippen LogP contribution in [-0.2, 0) is 13.1 Å². The summed E-state index contributed by atoms with van der Waals surface area (Å²) in [6.45, 7) is 0.719. The fourth-order valence-electron chi connectivity index (χ4n) is 2.38. The molecule has 6 nitrogen and oxygen atoms in total. The molecule has 0 saturated carbocycles. The van der Waals surface area contributed by atoms with E-state index in [0.29, 0.717) is 30.3 Å². The van der Waals surface area contributed by atoms with Crippen LogP contribution in [0.1, 0.15) is 11.5 Å². The fourth-order valence-corrected chi connectivity index (χ4v) is 2.38. The molecule has 1 N–H and O–H groups in total. The van der Waals surface area contributed by atoms with Crippen molar-refractivity contribution < 1.29 is 13.9 Å². The Morgan fingerprint density at radius 2 is 2.08 bits per heavy atom. The van der Waals surface area contributed by atoms with Crippen LogP contribution in [0.4, 0.5) is 10.5 Å². The van der Waals surface area contributed by atoms with Crippen LogP contribution in [0.25, 0.3) is 0 Å². The van der Waals surface area contributed by atoms with Crippen LogP contribution in [0.2, 0.25) is 0 Å². The highest BCUT2D eigenvalue weighted by molar-refractivity contribution is 5.89. The van der Waals surface area contributed by atoms with E-state index in [2.05, 4.69) is 10.3 Å². The van der Waals surface area contributed by atoms with E-state index in [1.165, 1.54) is 0 Å². The van der Waals surface area contributed by atoms with E-state index in [0.717, 1.165) is 5.69 Å². The van der Waals surface area contributed by atoms with E-state index < -0.39 is 0 Å². The Morgan fingerprint density at radius 1 is 1.16 bits per heavy atom. The zero-order valence-corrected chi connectivity index (χ0v) is 13.9. The lowest BCUT2D eigenvalue weighted by Crippen LogP contribution is -2.34. The molecule has 2 aromatic heterocycles. The average molecular weight is 337 g/mol. The number of aromatic nitrogens is 1. The van der Waals surface area contributed by atoms with Crippen molar-refractivity contribution in [3.05, 3.63) is 78.5 Å². The number of nitrogens with zero attached hydrogens (tertiary/aromatic N) is 2. The topological polar surface area (TPSA) is 67.6 Å². The van der Waals surface area contributed by atoms with Gasteiger partial charge in [-0.05, 0) is 36.4 Å². The molecule has 0 bridgehead atoms. The first-order valence-corrected chi connectivity index (χ1v) is 7.87. The standard InChI is InChI=1S/C19H19N3O3/c1-24-17-8-4-7-15(12-17)21-19(23)22(14-18-9-5-11-25-18)13-16-6-2-3-10-20-16/h2-12H,13-14H2,1H3,(H,21,23). The van der Waals surface area contributed by atoms with Gasteiger partial charge in [-0.2, -0.15) is 0 Å². The van der Waals surface area contributed by atoms with Gasteiger partial charge in [0.05, 0.1) is 32.2 Å². The first-order valence-electron chi connectivity index (χ1n) is 7.87. The number of amides is 2. The van der Waals surface area contributed by atoms with Gasteiger partial charge in [0.1, 0.15) is 11.5 Å². The van der Waals surface area contributed by atoms with Crippen molar-refractivity contribution in [3.63, 3.8) is 0 Å². The van der Waals surface area contributed by atoms with Crippen molar-refractivity contribution >= 4 is 11.7 Å². The first kappa shape index (κ1) is 16.6. The molecule has 1 aromatic carbocycles. The Bertz CT molecular complexity index is 804. The normalized spacial score (nSPS) is 10.3. The van der Waals surface area contributed by atoms with Gasteiger partial charge in [-0.25, -0.2) is 4.79 Å². The summed E-state index contributed by atoms with van der Waals surface area (Å²) in [5, 5.41) is 2.89. The van der Waals surface area contributed by atoms with Crippen LogP contribution in [0.3, 0.4) is 0 Å². The van der Waals surface area contributed by atoms with E-state index >= 15 is 0 Å². The molecule has 0 saturated heterocycles. The molecule has 0 aliphatic carbocycles. The molecule has 25 heavy (non-hydrogen) atoms. The Labute approximate surface area is 146 Å². The number of benzene rings is 1. The molecule has 3 aromatic rings. The Morgan fingerprint density at radius 3 is 2.80 bits per heavy atom. The zero-order chi connectivity index (χ0) is 17.5.